The van der Waals surface area contributed by atoms with Gasteiger partial charge in [-0.1, -0.05) is 6.07 Å². The number of benzene rings is 1. The van der Waals surface area contributed by atoms with Gasteiger partial charge in [0.15, 0.2) is 5.78 Å². The van der Waals surface area contributed by atoms with E-state index in [1.54, 1.807) is 6.92 Å². The molecule has 5 heteroatoms. The van der Waals surface area contributed by atoms with Gasteiger partial charge in [-0.15, -0.1) is 11.3 Å². The third-order valence-corrected chi connectivity index (χ3v) is 4.85. The fourth-order valence-corrected chi connectivity index (χ4v) is 3.44. The maximum Gasteiger partial charge on any atom is 0.169 e. The number of Topliss-reactive ketones (excluding diaryl/α,β-unsaturated/α-hetero) is 1. The maximum absolute atomic E-state index is 11.4. The Hall–Kier alpha value is -1.69. The minimum absolute atomic E-state index is 0.0415. The molecular weight excluding hydrogens is 298 g/mol. The molecule has 2 heterocycles. The van der Waals surface area contributed by atoms with Crippen LogP contribution in [0.5, 0.6) is 5.75 Å². The lowest BCUT2D eigenvalue weighted by atomic mass is 10.1. The Morgan fingerprint density at radius 2 is 2.23 bits per heavy atom. The summed E-state index contributed by atoms with van der Waals surface area (Å²) in [5.74, 6) is 1.02. The van der Waals surface area contributed by atoms with E-state index in [4.69, 9.17) is 4.74 Å². The van der Waals surface area contributed by atoms with E-state index in [9.17, 15) is 9.90 Å². The molecule has 1 aliphatic rings. The number of fused-ring (bicyclic) bond motifs is 1. The average Bonchev–Trinajstić information content (AvgIpc) is 2.88. The second-order valence-corrected chi connectivity index (χ2v) is 6.45. The molecule has 0 saturated heterocycles. The summed E-state index contributed by atoms with van der Waals surface area (Å²) in [7, 11) is 0. The molecular formula is C17H19NO3S. The normalized spacial score (nSPS) is 15.0. The number of hydrogen-bond acceptors (Lipinski definition) is 5. The lowest BCUT2D eigenvalue weighted by molar-refractivity contribution is 0.102. The van der Waals surface area contributed by atoms with Crippen LogP contribution in [0.3, 0.4) is 0 Å². The van der Waals surface area contributed by atoms with E-state index >= 15 is 0 Å². The molecule has 0 bridgehead atoms. The fourth-order valence-electron chi connectivity index (χ4n) is 2.64. The predicted molar refractivity (Wildman–Crippen MR) is 86.3 cm³/mol. The Bertz CT molecular complexity index is 680. The number of carbonyl (C=O) groups excluding carboxylic acids is 1. The predicted octanol–water partition coefficient (Wildman–Crippen LogP) is 2.84. The van der Waals surface area contributed by atoms with Crippen LogP contribution in [0.2, 0.25) is 0 Å². The SMILES string of the molecule is CC(=O)c1cc(CN2CCOc3ccc(CO)cc3C2)cs1. The number of rotatable bonds is 4. The highest BCUT2D eigenvalue weighted by Crippen LogP contribution is 2.26. The van der Waals surface area contributed by atoms with E-state index < -0.39 is 0 Å². The molecule has 1 aromatic carbocycles. The molecule has 0 radical (unpaired) electrons. The molecule has 0 aliphatic carbocycles. The lowest BCUT2D eigenvalue weighted by Crippen LogP contribution is -2.25. The Morgan fingerprint density at radius 1 is 1.36 bits per heavy atom. The highest BCUT2D eigenvalue weighted by molar-refractivity contribution is 7.12. The third-order valence-electron chi connectivity index (χ3n) is 3.77. The Balaban J connectivity index is 1.75. The van der Waals surface area contributed by atoms with Crippen LogP contribution in [0.1, 0.15) is 33.3 Å². The minimum Gasteiger partial charge on any atom is -0.492 e. The van der Waals surface area contributed by atoms with Gasteiger partial charge in [0.05, 0.1) is 11.5 Å². The number of nitrogens with zero attached hydrogens (tertiary/aromatic N) is 1. The zero-order valence-corrected chi connectivity index (χ0v) is 13.4. The fraction of sp³-hybridized carbons (Fsp3) is 0.353. The first-order chi connectivity index (χ1) is 10.7. The topological polar surface area (TPSA) is 49.8 Å². The van der Waals surface area contributed by atoms with E-state index in [1.807, 2.05) is 29.6 Å². The molecule has 0 amide bonds. The summed E-state index contributed by atoms with van der Waals surface area (Å²) in [6, 6.07) is 7.81. The van der Waals surface area contributed by atoms with Crippen LogP contribution in [-0.2, 0) is 19.7 Å². The minimum atomic E-state index is 0.0415. The van der Waals surface area contributed by atoms with Gasteiger partial charge in [-0.25, -0.2) is 0 Å². The zero-order valence-electron chi connectivity index (χ0n) is 12.5. The lowest BCUT2D eigenvalue weighted by Gasteiger charge is -2.18. The van der Waals surface area contributed by atoms with Crippen LogP contribution < -0.4 is 4.74 Å². The van der Waals surface area contributed by atoms with Gasteiger partial charge >= 0.3 is 0 Å². The Kier molecular flexibility index (Phi) is 4.57. The number of hydrogen-bond donors (Lipinski definition) is 1. The number of ketones is 1. The third kappa shape index (κ3) is 3.38. The monoisotopic (exact) mass is 317 g/mol. The molecule has 116 valence electrons. The summed E-state index contributed by atoms with van der Waals surface area (Å²) >= 11 is 1.50. The summed E-state index contributed by atoms with van der Waals surface area (Å²) in [5, 5.41) is 11.3. The van der Waals surface area contributed by atoms with E-state index in [1.165, 1.54) is 11.3 Å². The standard InChI is InChI=1S/C17H19NO3S/c1-12(20)17-7-14(11-22-17)8-18-4-5-21-16-3-2-13(10-19)6-15(16)9-18/h2-3,6-7,11,19H,4-5,8-10H2,1H3. The van der Waals surface area contributed by atoms with E-state index in [0.29, 0.717) is 6.61 Å². The highest BCUT2D eigenvalue weighted by Gasteiger charge is 2.17. The van der Waals surface area contributed by atoms with Gasteiger partial charge in [0.25, 0.3) is 0 Å². The molecule has 0 saturated carbocycles. The molecule has 1 aliphatic heterocycles. The molecule has 0 fully saturated rings. The van der Waals surface area contributed by atoms with Crippen molar-refractivity contribution in [3.63, 3.8) is 0 Å². The van der Waals surface area contributed by atoms with E-state index in [0.717, 1.165) is 47.0 Å². The number of aliphatic hydroxyl groups excluding tert-OH is 1. The van der Waals surface area contributed by atoms with Crippen molar-refractivity contribution in [3.8, 4) is 5.75 Å². The molecule has 22 heavy (non-hydrogen) atoms. The molecule has 3 rings (SSSR count). The van der Waals surface area contributed by atoms with E-state index in [-0.39, 0.29) is 12.4 Å². The maximum atomic E-state index is 11.4. The molecule has 0 atom stereocenters. The van der Waals surface area contributed by atoms with Crippen molar-refractivity contribution in [3.05, 3.63) is 51.2 Å². The highest BCUT2D eigenvalue weighted by atomic mass is 32.1. The van der Waals surface area contributed by atoms with Crippen LogP contribution in [0, 0.1) is 0 Å². The van der Waals surface area contributed by atoms with Gasteiger partial charge in [0.2, 0.25) is 0 Å². The molecule has 1 N–H and O–H groups in total. The molecule has 4 nitrogen and oxygen atoms in total. The van der Waals surface area contributed by atoms with Gasteiger partial charge in [-0.2, -0.15) is 0 Å². The first kappa shape index (κ1) is 15.2. The Labute approximate surface area is 134 Å². The van der Waals surface area contributed by atoms with Crippen molar-refractivity contribution in [2.75, 3.05) is 13.2 Å². The van der Waals surface area contributed by atoms with Crippen molar-refractivity contribution in [1.82, 2.24) is 4.90 Å². The first-order valence-corrected chi connectivity index (χ1v) is 8.20. The zero-order chi connectivity index (χ0) is 15.5. The smallest absolute Gasteiger partial charge is 0.169 e. The van der Waals surface area contributed by atoms with E-state index in [2.05, 4.69) is 4.90 Å². The Morgan fingerprint density at radius 3 is 2.95 bits per heavy atom. The van der Waals surface area contributed by atoms with Crippen molar-refractivity contribution < 1.29 is 14.6 Å². The molecule has 1 aromatic heterocycles. The second-order valence-electron chi connectivity index (χ2n) is 5.53. The van der Waals surface area contributed by atoms with Crippen LogP contribution in [0.4, 0.5) is 0 Å². The van der Waals surface area contributed by atoms with Crippen LogP contribution in [-0.4, -0.2) is 28.9 Å². The summed E-state index contributed by atoms with van der Waals surface area (Å²) in [6.07, 6.45) is 0. The van der Waals surface area contributed by atoms with Gasteiger partial charge < -0.3 is 9.84 Å². The quantitative estimate of drug-likeness (QED) is 0.881. The number of aliphatic hydroxyl groups is 1. The first-order valence-electron chi connectivity index (χ1n) is 7.32. The molecule has 0 spiro atoms. The number of carbonyl (C=O) groups is 1. The molecule has 0 unspecified atom stereocenters. The number of ether oxygens (including phenoxy) is 1. The average molecular weight is 317 g/mol. The van der Waals surface area contributed by atoms with Gasteiger partial charge in [-0.05, 0) is 41.6 Å². The number of thiophene rings is 1. The largest absolute Gasteiger partial charge is 0.492 e. The van der Waals surface area contributed by atoms with Crippen LogP contribution in [0.25, 0.3) is 0 Å². The van der Waals surface area contributed by atoms with Crippen molar-refractivity contribution in [2.45, 2.75) is 26.6 Å². The summed E-state index contributed by atoms with van der Waals surface area (Å²) < 4.78 is 5.78. The van der Waals surface area contributed by atoms with Crippen LogP contribution >= 0.6 is 11.3 Å². The van der Waals surface area contributed by atoms with Crippen molar-refractivity contribution in [1.29, 1.82) is 0 Å². The summed E-state index contributed by atoms with van der Waals surface area (Å²) in [4.78, 5) is 14.5. The summed E-state index contributed by atoms with van der Waals surface area (Å²) in [5.41, 5.74) is 3.17. The van der Waals surface area contributed by atoms with Crippen molar-refractivity contribution >= 4 is 17.1 Å². The van der Waals surface area contributed by atoms with Gasteiger partial charge in [-0.3, -0.25) is 9.69 Å². The summed E-state index contributed by atoms with van der Waals surface area (Å²) in [6.45, 7) is 4.72. The van der Waals surface area contributed by atoms with Gasteiger partial charge in [0, 0.05) is 25.2 Å². The van der Waals surface area contributed by atoms with Crippen molar-refractivity contribution in [2.24, 2.45) is 0 Å². The van der Waals surface area contributed by atoms with Crippen LogP contribution in [0.15, 0.2) is 29.6 Å². The second kappa shape index (κ2) is 6.60. The molecule has 2 aromatic rings. The van der Waals surface area contributed by atoms with Gasteiger partial charge in [0.1, 0.15) is 12.4 Å².